The van der Waals surface area contributed by atoms with E-state index in [1.165, 1.54) is 28.5 Å². The molecule has 2 aromatic carbocycles. The van der Waals surface area contributed by atoms with Gasteiger partial charge in [-0.15, -0.1) is 11.3 Å². The van der Waals surface area contributed by atoms with Crippen molar-refractivity contribution >= 4 is 39.8 Å². The molecule has 4 N–H and O–H groups in total. The van der Waals surface area contributed by atoms with E-state index in [0.29, 0.717) is 0 Å². The third-order valence-electron chi connectivity index (χ3n) is 6.59. The standard InChI is InChI=1S/C28H31N3O5S/c1-3-31(4-2)21-8-7-17-11-19(6-5-18(17)12-21)25-10-9-22(37-25)13-20(14-29)28(35)30-15-24-27(34)26(33)23(32)16-36-24/h5-13,23-24,26-27,32-34H,3-4,15-16H2,1-2H3,(H,30,35)/b20-13+/t23-,24+,26+,27+/m0/s1. The maximum atomic E-state index is 12.6. The van der Waals surface area contributed by atoms with Crippen LogP contribution in [0.2, 0.25) is 0 Å². The van der Waals surface area contributed by atoms with E-state index in [2.05, 4.69) is 60.5 Å². The van der Waals surface area contributed by atoms with Gasteiger partial charge in [0.05, 0.1) is 6.61 Å². The first-order chi connectivity index (χ1) is 17.8. The Bertz CT molecular complexity index is 1330. The summed E-state index contributed by atoms with van der Waals surface area (Å²) >= 11 is 1.48. The third kappa shape index (κ3) is 6.01. The smallest absolute Gasteiger partial charge is 0.262 e. The first kappa shape index (κ1) is 26.8. The molecule has 0 aliphatic carbocycles. The molecule has 1 fully saturated rings. The average Bonchev–Trinajstić information content (AvgIpc) is 3.39. The monoisotopic (exact) mass is 521 g/mol. The van der Waals surface area contributed by atoms with E-state index < -0.39 is 30.3 Å². The topological polar surface area (TPSA) is 126 Å². The molecule has 4 atom stereocenters. The van der Waals surface area contributed by atoms with Gasteiger partial charge in [0.1, 0.15) is 36.1 Å². The molecule has 1 saturated heterocycles. The van der Waals surface area contributed by atoms with Crippen molar-refractivity contribution in [1.82, 2.24) is 5.32 Å². The van der Waals surface area contributed by atoms with Crippen molar-refractivity contribution in [3.63, 3.8) is 0 Å². The van der Waals surface area contributed by atoms with Crippen molar-refractivity contribution in [3.05, 3.63) is 59.0 Å². The van der Waals surface area contributed by atoms with Crippen LogP contribution in [0.5, 0.6) is 0 Å². The lowest BCUT2D eigenvalue weighted by molar-refractivity contribution is -0.185. The number of rotatable bonds is 8. The summed E-state index contributed by atoms with van der Waals surface area (Å²) in [6.45, 7) is 5.95. The minimum atomic E-state index is -1.36. The van der Waals surface area contributed by atoms with Crippen LogP contribution < -0.4 is 10.2 Å². The third-order valence-corrected chi connectivity index (χ3v) is 7.67. The molecule has 0 spiro atoms. The zero-order chi connectivity index (χ0) is 26.5. The summed E-state index contributed by atoms with van der Waals surface area (Å²) in [6, 6.07) is 18.5. The lowest BCUT2D eigenvalue weighted by Crippen LogP contribution is -2.56. The lowest BCUT2D eigenvalue weighted by Gasteiger charge is -2.35. The number of aliphatic hydroxyl groups is 3. The number of benzene rings is 2. The highest BCUT2D eigenvalue weighted by Crippen LogP contribution is 2.32. The number of anilines is 1. The highest BCUT2D eigenvalue weighted by Gasteiger charge is 2.37. The number of ether oxygens (including phenoxy) is 1. The molecule has 2 heterocycles. The average molecular weight is 522 g/mol. The van der Waals surface area contributed by atoms with Crippen molar-refractivity contribution in [2.45, 2.75) is 38.3 Å². The summed E-state index contributed by atoms with van der Waals surface area (Å²) in [5.74, 6) is -0.608. The molecule has 4 rings (SSSR count). The zero-order valence-corrected chi connectivity index (χ0v) is 21.6. The molecule has 1 aliphatic rings. The van der Waals surface area contributed by atoms with E-state index in [-0.39, 0.29) is 18.7 Å². The first-order valence-electron chi connectivity index (χ1n) is 12.3. The summed E-state index contributed by atoms with van der Waals surface area (Å²) in [5.41, 5.74) is 2.18. The highest BCUT2D eigenvalue weighted by molar-refractivity contribution is 7.16. The Morgan fingerprint density at radius 3 is 2.57 bits per heavy atom. The van der Waals surface area contributed by atoms with Crippen LogP contribution in [0.25, 0.3) is 27.3 Å². The SMILES string of the molecule is CCN(CC)c1ccc2cc(-c3ccc(/C=C(\C#N)C(=O)NC[C@H]4OC[C@H](O)[C@@H](O)[C@@H]4O)s3)ccc2c1. The van der Waals surface area contributed by atoms with Crippen LogP contribution in [-0.4, -0.2) is 71.9 Å². The number of hydrogen-bond donors (Lipinski definition) is 4. The summed E-state index contributed by atoms with van der Waals surface area (Å²) in [7, 11) is 0. The van der Waals surface area contributed by atoms with Crippen LogP contribution in [-0.2, 0) is 9.53 Å². The number of fused-ring (bicyclic) bond motifs is 1. The normalized spacial score (nSPS) is 22.0. The van der Waals surface area contributed by atoms with Crippen molar-refractivity contribution < 1.29 is 24.9 Å². The molecule has 0 bridgehead atoms. The van der Waals surface area contributed by atoms with Gasteiger partial charge in [0.15, 0.2) is 0 Å². The summed E-state index contributed by atoms with van der Waals surface area (Å²) in [4.78, 5) is 16.7. The maximum absolute atomic E-state index is 12.6. The van der Waals surface area contributed by atoms with Gasteiger partial charge in [-0.1, -0.05) is 18.2 Å². The highest BCUT2D eigenvalue weighted by atomic mass is 32.1. The zero-order valence-electron chi connectivity index (χ0n) is 20.8. The number of carbonyl (C=O) groups excluding carboxylic acids is 1. The van der Waals surface area contributed by atoms with E-state index in [0.717, 1.165) is 33.8 Å². The largest absolute Gasteiger partial charge is 0.388 e. The van der Waals surface area contributed by atoms with E-state index in [9.17, 15) is 25.4 Å². The van der Waals surface area contributed by atoms with Crippen LogP contribution >= 0.6 is 11.3 Å². The lowest BCUT2D eigenvalue weighted by atomic mass is 10.00. The Morgan fingerprint density at radius 2 is 1.84 bits per heavy atom. The van der Waals surface area contributed by atoms with E-state index >= 15 is 0 Å². The summed E-state index contributed by atoms with van der Waals surface area (Å²) in [5, 5.41) is 43.8. The first-order valence-corrected chi connectivity index (χ1v) is 13.1. The molecule has 1 amide bonds. The van der Waals surface area contributed by atoms with E-state index in [1.54, 1.807) is 0 Å². The number of nitrogens with zero attached hydrogens (tertiary/aromatic N) is 2. The Hall–Kier alpha value is -3.26. The van der Waals surface area contributed by atoms with Crippen molar-refractivity contribution in [1.29, 1.82) is 5.26 Å². The molecule has 0 saturated carbocycles. The number of carbonyl (C=O) groups is 1. The predicted octanol–water partition coefficient (Wildman–Crippen LogP) is 2.92. The number of nitrogens with one attached hydrogen (secondary N) is 1. The molecule has 3 aromatic rings. The predicted molar refractivity (Wildman–Crippen MR) is 145 cm³/mol. The Morgan fingerprint density at radius 1 is 1.11 bits per heavy atom. The minimum absolute atomic E-state index is 0.0817. The molecular weight excluding hydrogens is 490 g/mol. The van der Waals surface area contributed by atoms with E-state index in [4.69, 9.17) is 4.74 Å². The fourth-order valence-corrected chi connectivity index (χ4v) is 5.33. The van der Waals surface area contributed by atoms with Crippen LogP contribution in [0.3, 0.4) is 0 Å². The van der Waals surface area contributed by atoms with Gasteiger partial charge < -0.3 is 30.3 Å². The van der Waals surface area contributed by atoms with Gasteiger partial charge in [-0.25, -0.2) is 0 Å². The Labute approximate surface area is 220 Å². The summed E-state index contributed by atoms with van der Waals surface area (Å²) in [6.07, 6.45) is -3.24. The second-order valence-electron chi connectivity index (χ2n) is 8.92. The van der Waals surface area contributed by atoms with Gasteiger partial charge in [0, 0.05) is 35.1 Å². The maximum Gasteiger partial charge on any atom is 0.262 e. The molecule has 9 heteroatoms. The molecule has 0 unspecified atom stereocenters. The molecule has 194 valence electrons. The van der Waals surface area contributed by atoms with Gasteiger partial charge in [-0.05, 0) is 66.6 Å². The second kappa shape index (κ2) is 11.9. The van der Waals surface area contributed by atoms with Crippen molar-refractivity contribution in [3.8, 4) is 16.5 Å². The molecule has 1 aromatic heterocycles. The fraction of sp³-hybridized carbons (Fsp3) is 0.357. The fourth-order valence-electron chi connectivity index (χ4n) is 4.38. The quantitative estimate of drug-likeness (QED) is 0.265. The van der Waals surface area contributed by atoms with Crippen LogP contribution in [0.1, 0.15) is 18.7 Å². The number of thiophene rings is 1. The summed E-state index contributed by atoms with van der Waals surface area (Å²) < 4.78 is 5.29. The molecule has 0 radical (unpaired) electrons. The molecule has 37 heavy (non-hydrogen) atoms. The van der Waals surface area contributed by atoms with Gasteiger partial charge >= 0.3 is 0 Å². The van der Waals surface area contributed by atoms with Gasteiger partial charge in [-0.2, -0.15) is 5.26 Å². The minimum Gasteiger partial charge on any atom is -0.388 e. The van der Waals surface area contributed by atoms with Gasteiger partial charge in [0.2, 0.25) is 0 Å². The number of amides is 1. The Balaban J connectivity index is 1.45. The van der Waals surface area contributed by atoms with Gasteiger partial charge in [-0.3, -0.25) is 4.79 Å². The molecule has 1 aliphatic heterocycles. The molecular formula is C28H31N3O5S. The second-order valence-corrected chi connectivity index (χ2v) is 10.0. The van der Waals surface area contributed by atoms with Gasteiger partial charge in [0.25, 0.3) is 5.91 Å². The number of aliphatic hydroxyl groups excluding tert-OH is 3. The number of hydrogen-bond acceptors (Lipinski definition) is 8. The molecule has 8 nitrogen and oxygen atoms in total. The van der Waals surface area contributed by atoms with E-state index in [1.807, 2.05) is 18.2 Å². The van der Waals surface area contributed by atoms with Crippen LogP contribution in [0.15, 0.2) is 54.1 Å². The van der Waals surface area contributed by atoms with Crippen molar-refractivity contribution in [2.24, 2.45) is 0 Å². The van der Waals surface area contributed by atoms with Crippen molar-refractivity contribution in [2.75, 3.05) is 31.1 Å². The van der Waals surface area contributed by atoms with Crippen LogP contribution in [0, 0.1) is 11.3 Å². The van der Waals surface area contributed by atoms with Crippen LogP contribution in [0.4, 0.5) is 5.69 Å². The number of nitriles is 1. The Kier molecular flexibility index (Phi) is 8.59.